The van der Waals surface area contributed by atoms with Crippen molar-refractivity contribution in [3.63, 3.8) is 0 Å². The van der Waals surface area contributed by atoms with Gasteiger partial charge in [-0.2, -0.15) is 0 Å². The first kappa shape index (κ1) is 14.8. The first-order chi connectivity index (χ1) is 10.4. The van der Waals surface area contributed by atoms with Crippen LogP contribution in [-0.2, 0) is 12.8 Å². The lowest BCUT2D eigenvalue weighted by atomic mass is 9.96. The maximum absolute atomic E-state index is 4.52. The Kier molecular flexibility index (Phi) is 5.07. The highest BCUT2D eigenvalue weighted by atomic mass is 15.1. The number of nitrogens with one attached hydrogen (secondary N) is 1. The smallest absolute Gasteiger partial charge is 0.132 e. The molecule has 0 radical (unpaired) electrons. The van der Waals surface area contributed by atoms with Gasteiger partial charge in [0.25, 0.3) is 0 Å². The predicted molar refractivity (Wildman–Crippen MR) is 86.6 cm³/mol. The van der Waals surface area contributed by atoms with Crippen LogP contribution in [0, 0.1) is 5.92 Å². The highest BCUT2D eigenvalue weighted by Gasteiger charge is 2.19. The maximum Gasteiger partial charge on any atom is 0.132 e. The molecule has 1 N–H and O–H groups in total. The van der Waals surface area contributed by atoms with Crippen LogP contribution in [0.3, 0.4) is 0 Å². The average Bonchev–Trinajstić information content (AvgIpc) is 2.79. The number of nitrogens with zero attached hydrogens (tertiary/aromatic N) is 3. The van der Waals surface area contributed by atoms with Gasteiger partial charge in [0.1, 0.15) is 12.1 Å². The van der Waals surface area contributed by atoms with E-state index in [1.54, 1.807) is 6.33 Å². The molecule has 0 atom stereocenters. The van der Waals surface area contributed by atoms with Gasteiger partial charge in [-0.15, -0.1) is 0 Å². The zero-order chi connectivity index (χ0) is 14.5. The van der Waals surface area contributed by atoms with E-state index in [0.717, 1.165) is 31.1 Å². The summed E-state index contributed by atoms with van der Waals surface area (Å²) in [5.74, 6) is 1.91. The van der Waals surface area contributed by atoms with Gasteiger partial charge in [0.05, 0.1) is 0 Å². The molecule has 4 nitrogen and oxygen atoms in total. The summed E-state index contributed by atoms with van der Waals surface area (Å²) in [6.45, 7) is 7.03. The predicted octanol–water partition coefficient (Wildman–Crippen LogP) is 2.89. The third-order valence-corrected chi connectivity index (χ3v) is 5.09. The van der Waals surface area contributed by atoms with Crippen LogP contribution >= 0.6 is 0 Å². The standard InChI is InChI=1S/C17H28N4/c1-2-21-10-8-14(9-11-21)12-18-17-15-6-4-3-5-7-16(15)19-13-20-17/h13-14H,2-12H2,1H3,(H,18,19,20). The third-order valence-electron chi connectivity index (χ3n) is 5.09. The molecule has 1 saturated heterocycles. The number of anilines is 1. The molecule has 0 spiro atoms. The number of fused-ring (bicyclic) bond motifs is 1. The van der Waals surface area contributed by atoms with E-state index in [1.165, 1.54) is 63.0 Å². The normalized spacial score (nSPS) is 20.8. The number of rotatable bonds is 4. The number of aromatic nitrogens is 2. The Labute approximate surface area is 128 Å². The average molecular weight is 288 g/mol. The molecule has 0 saturated carbocycles. The topological polar surface area (TPSA) is 41.0 Å². The van der Waals surface area contributed by atoms with E-state index in [4.69, 9.17) is 0 Å². The fourth-order valence-electron chi connectivity index (χ4n) is 3.60. The summed E-state index contributed by atoms with van der Waals surface area (Å²) < 4.78 is 0. The highest BCUT2D eigenvalue weighted by molar-refractivity contribution is 5.46. The van der Waals surface area contributed by atoms with Crippen molar-refractivity contribution in [1.29, 1.82) is 0 Å². The van der Waals surface area contributed by atoms with E-state index in [1.807, 2.05) is 0 Å². The molecule has 0 amide bonds. The van der Waals surface area contributed by atoms with Gasteiger partial charge in [-0.1, -0.05) is 13.3 Å². The monoisotopic (exact) mass is 288 g/mol. The number of hydrogen-bond donors (Lipinski definition) is 1. The van der Waals surface area contributed by atoms with E-state index < -0.39 is 0 Å². The number of likely N-dealkylation sites (tertiary alicyclic amines) is 1. The zero-order valence-corrected chi connectivity index (χ0v) is 13.3. The zero-order valence-electron chi connectivity index (χ0n) is 13.3. The van der Waals surface area contributed by atoms with Gasteiger partial charge in [-0.25, -0.2) is 9.97 Å². The van der Waals surface area contributed by atoms with Crippen molar-refractivity contribution >= 4 is 5.82 Å². The summed E-state index contributed by atoms with van der Waals surface area (Å²) in [5.41, 5.74) is 2.67. The summed E-state index contributed by atoms with van der Waals surface area (Å²) >= 11 is 0. The molecule has 0 unspecified atom stereocenters. The van der Waals surface area contributed by atoms with Crippen LogP contribution in [0.5, 0.6) is 0 Å². The molecule has 4 heteroatoms. The van der Waals surface area contributed by atoms with Gasteiger partial charge in [-0.3, -0.25) is 0 Å². The van der Waals surface area contributed by atoms with Gasteiger partial charge >= 0.3 is 0 Å². The maximum atomic E-state index is 4.52. The number of aryl methyl sites for hydroxylation is 1. The Bertz CT molecular complexity index is 452. The first-order valence-electron chi connectivity index (χ1n) is 8.65. The minimum atomic E-state index is 0.796. The fourth-order valence-corrected chi connectivity index (χ4v) is 3.60. The van der Waals surface area contributed by atoms with Crippen LogP contribution in [-0.4, -0.2) is 41.0 Å². The van der Waals surface area contributed by atoms with Crippen molar-refractivity contribution in [2.75, 3.05) is 31.5 Å². The van der Waals surface area contributed by atoms with Gasteiger partial charge in [0, 0.05) is 17.8 Å². The fraction of sp³-hybridized carbons (Fsp3) is 0.765. The molecule has 116 valence electrons. The molecule has 21 heavy (non-hydrogen) atoms. The lowest BCUT2D eigenvalue weighted by Gasteiger charge is -2.31. The van der Waals surface area contributed by atoms with Crippen molar-refractivity contribution in [1.82, 2.24) is 14.9 Å². The van der Waals surface area contributed by atoms with E-state index in [-0.39, 0.29) is 0 Å². The molecule has 1 aliphatic heterocycles. The van der Waals surface area contributed by atoms with Gasteiger partial charge in [0.15, 0.2) is 0 Å². The molecule has 0 bridgehead atoms. The SMILES string of the molecule is CCN1CCC(CNc2ncnc3c2CCCCC3)CC1. The number of hydrogen-bond acceptors (Lipinski definition) is 4. The van der Waals surface area contributed by atoms with Crippen molar-refractivity contribution in [2.45, 2.75) is 51.9 Å². The quantitative estimate of drug-likeness (QED) is 0.865. The Morgan fingerprint density at radius 2 is 1.95 bits per heavy atom. The van der Waals surface area contributed by atoms with Gasteiger partial charge in [0.2, 0.25) is 0 Å². The molecule has 2 aliphatic rings. The first-order valence-corrected chi connectivity index (χ1v) is 8.65. The van der Waals surface area contributed by atoms with Gasteiger partial charge < -0.3 is 10.2 Å². The lowest BCUT2D eigenvalue weighted by molar-refractivity contribution is 0.198. The van der Waals surface area contributed by atoms with Crippen molar-refractivity contribution < 1.29 is 0 Å². The molecule has 1 aliphatic carbocycles. The molecular formula is C17H28N4. The summed E-state index contributed by atoms with van der Waals surface area (Å²) in [5, 5.41) is 3.63. The summed E-state index contributed by atoms with van der Waals surface area (Å²) in [6.07, 6.45) is 10.5. The van der Waals surface area contributed by atoms with Crippen molar-refractivity contribution in [2.24, 2.45) is 5.92 Å². The van der Waals surface area contributed by atoms with Crippen LogP contribution in [0.1, 0.15) is 50.3 Å². The second-order valence-electron chi connectivity index (χ2n) is 6.47. The lowest BCUT2D eigenvalue weighted by Crippen LogP contribution is -2.35. The van der Waals surface area contributed by atoms with Crippen LogP contribution in [0.15, 0.2) is 6.33 Å². The van der Waals surface area contributed by atoms with E-state index in [2.05, 4.69) is 27.1 Å². The molecule has 0 aromatic carbocycles. The molecule has 3 rings (SSSR count). The highest BCUT2D eigenvalue weighted by Crippen LogP contribution is 2.25. The van der Waals surface area contributed by atoms with E-state index in [0.29, 0.717) is 0 Å². The van der Waals surface area contributed by atoms with E-state index in [9.17, 15) is 0 Å². The minimum absolute atomic E-state index is 0.796. The second-order valence-corrected chi connectivity index (χ2v) is 6.47. The van der Waals surface area contributed by atoms with Crippen LogP contribution in [0.2, 0.25) is 0 Å². The molecule has 2 heterocycles. The number of piperidine rings is 1. The van der Waals surface area contributed by atoms with Crippen LogP contribution in [0.25, 0.3) is 0 Å². The minimum Gasteiger partial charge on any atom is -0.369 e. The Morgan fingerprint density at radius 3 is 2.76 bits per heavy atom. The van der Waals surface area contributed by atoms with Crippen molar-refractivity contribution in [3.05, 3.63) is 17.6 Å². The Morgan fingerprint density at radius 1 is 1.14 bits per heavy atom. The Hall–Kier alpha value is -1.16. The van der Waals surface area contributed by atoms with Gasteiger partial charge in [-0.05, 0) is 64.1 Å². The summed E-state index contributed by atoms with van der Waals surface area (Å²) in [4.78, 5) is 11.6. The molecule has 1 aromatic rings. The molecule has 1 fully saturated rings. The van der Waals surface area contributed by atoms with Crippen LogP contribution < -0.4 is 5.32 Å². The second kappa shape index (κ2) is 7.21. The third kappa shape index (κ3) is 3.73. The van der Waals surface area contributed by atoms with E-state index >= 15 is 0 Å². The van der Waals surface area contributed by atoms with Crippen molar-refractivity contribution in [3.8, 4) is 0 Å². The Balaban J connectivity index is 1.58. The molecular weight excluding hydrogens is 260 g/mol. The largest absolute Gasteiger partial charge is 0.369 e. The molecule has 1 aromatic heterocycles. The summed E-state index contributed by atoms with van der Waals surface area (Å²) in [7, 11) is 0. The summed E-state index contributed by atoms with van der Waals surface area (Å²) in [6, 6.07) is 0. The van der Waals surface area contributed by atoms with Crippen LogP contribution in [0.4, 0.5) is 5.82 Å².